The fourth-order valence-corrected chi connectivity index (χ4v) is 3.35. The number of rotatable bonds is 2. The summed E-state index contributed by atoms with van der Waals surface area (Å²) < 4.78 is 0. The first-order valence-corrected chi connectivity index (χ1v) is 7.71. The summed E-state index contributed by atoms with van der Waals surface area (Å²) in [6.07, 6.45) is 1.42. The van der Waals surface area contributed by atoms with Gasteiger partial charge in [0, 0.05) is 12.6 Å². The summed E-state index contributed by atoms with van der Waals surface area (Å²) >= 11 is 0. The zero-order valence-electron chi connectivity index (χ0n) is 13.0. The maximum absolute atomic E-state index is 12.4. The highest BCUT2D eigenvalue weighted by molar-refractivity contribution is 6.13. The van der Waals surface area contributed by atoms with Crippen LogP contribution in [0.5, 0.6) is 0 Å². The van der Waals surface area contributed by atoms with E-state index in [9.17, 15) is 4.79 Å². The van der Waals surface area contributed by atoms with Gasteiger partial charge < -0.3 is 4.90 Å². The third-order valence-corrected chi connectivity index (χ3v) is 4.79. The van der Waals surface area contributed by atoms with Crippen LogP contribution in [-0.4, -0.2) is 47.2 Å². The highest BCUT2D eigenvalue weighted by atomic mass is 16.2. The summed E-state index contributed by atoms with van der Waals surface area (Å²) in [6.45, 7) is 5.46. The largest absolute Gasteiger partial charge is 0.303 e. The summed E-state index contributed by atoms with van der Waals surface area (Å²) in [6, 6.07) is 10.7. The molecule has 2 heterocycles. The average molecular weight is 285 g/mol. The second-order valence-corrected chi connectivity index (χ2v) is 6.40. The van der Waals surface area contributed by atoms with Crippen LogP contribution in [0.3, 0.4) is 0 Å². The molecule has 0 aliphatic carbocycles. The van der Waals surface area contributed by atoms with E-state index in [2.05, 4.69) is 30.9 Å². The van der Waals surface area contributed by atoms with Gasteiger partial charge in [0.25, 0.3) is 0 Å². The third-order valence-electron chi connectivity index (χ3n) is 4.79. The molecule has 0 radical (unpaired) electrons. The first-order chi connectivity index (χ1) is 10.1. The lowest BCUT2D eigenvalue weighted by molar-refractivity contribution is -0.133. The van der Waals surface area contributed by atoms with Crippen molar-refractivity contribution in [2.24, 2.45) is 11.0 Å². The molecule has 4 heteroatoms. The van der Waals surface area contributed by atoms with Crippen LogP contribution in [-0.2, 0) is 4.79 Å². The van der Waals surface area contributed by atoms with Gasteiger partial charge in [-0.05, 0) is 31.9 Å². The molecule has 1 fully saturated rings. The predicted octanol–water partition coefficient (Wildman–Crippen LogP) is 2.35. The van der Waals surface area contributed by atoms with E-state index in [1.807, 2.05) is 30.3 Å². The lowest BCUT2D eigenvalue weighted by Gasteiger charge is -2.42. The van der Waals surface area contributed by atoms with Gasteiger partial charge in [0.1, 0.15) is 0 Å². The molecule has 21 heavy (non-hydrogen) atoms. The van der Waals surface area contributed by atoms with Gasteiger partial charge in [0.15, 0.2) is 0 Å². The number of amides is 1. The summed E-state index contributed by atoms with van der Waals surface area (Å²) in [5.41, 5.74) is 1.96. The van der Waals surface area contributed by atoms with E-state index in [1.165, 1.54) is 0 Å². The van der Waals surface area contributed by atoms with E-state index in [0.29, 0.717) is 18.4 Å². The SMILES string of the molecule is CC1CN(C)C(C)CC1N1N=C(c2ccccc2)CC1=O. The number of nitrogens with zero attached hydrogens (tertiary/aromatic N) is 3. The Bertz CT molecular complexity index is 554. The minimum absolute atomic E-state index is 0.141. The van der Waals surface area contributed by atoms with Crippen molar-refractivity contribution in [3.63, 3.8) is 0 Å². The van der Waals surface area contributed by atoms with Crippen molar-refractivity contribution >= 4 is 11.6 Å². The summed E-state index contributed by atoms with van der Waals surface area (Å²) in [5, 5.41) is 6.42. The van der Waals surface area contributed by atoms with Gasteiger partial charge in [-0.3, -0.25) is 4.79 Å². The topological polar surface area (TPSA) is 35.9 Å². The lowest BCUT2D eigenvalue weighted by atomic mass is 9.89. The Labute approximate surface area is 126 Å². The Kier molecular flexibility index (Phi) is 3.81. The van der Waals surface area contributed by atoms with E-state index >= 15 is 0 Å². The fourth-order valence-electron chi connectivity index (χ4n) is 3.35. The van der Waals surface area contributed by atoms with Gasteiger partial charge in [-0.2, -0.15) is 5.10 Å². The maximum atomic E-state index is 12.4. The van der Waals surface area contributed by atoms with Crippen molar-refractivity contribution in [1.82, 2.24) is 9.91 Å². The molecule has 3 atom stereocenters. The third kappa shape index (κ3) is 2.72. The normalized spacial score (nSPS) is 30.6. The van der Waals surface area contributed by atoms with Crippen LogP contribution >= 0.6 is 0 Å². The van der Waals surface area contributed by atoms with E-state index < -0.39 is 0 Å². The minimum atomic E-state index is 0.141. The Morgan fingerprint density at radius 1 is 1.19 bits per heavy atom. The zero-order chi connectivity index (χ0) is 15.0. The number of piperidine rings is 1. The van der Waals surface area contributed by atoms with Crippen molar-refractivity contribution in [2.45, 2.75) is 38.8 Å². The monoisotopic (exact) mass is 285 g/mol. The minimum Gasteiger partial charge on any atom is -0.303 e. The van der Waals surface area contributed by atoms with Gasteiger partial charge in [0.05, 0.1) is 18.2 Å². The Morgan fingerprint density at radius 2 is 1.90 bits per heavy atom. The van der Waals surface area contributed by atoms with E-state index in [-0.39, 0.29) is 11.9 Å². The number of hydrogen-bond acceptors (Lipinski definition) is 3. The molecule has 1 aromatic carbocycles. The molecule has 0 spiro atoms. The van der Waals surface area contributed by atoms with Crippen molar-refractivity contribution in [3.05, 3.63) is 35.9 Å². The molecule has 2 aliphatic heterocycles. The highest BCUT2D eigenvalue weighted by Crippen LogP contribution is 2.29. The predicted molar refractivity (Wildman–Crippen MR) is 84.1 cm³/mol. The standard InChI is InChI=1S/C17H23N3O/c1-12-11-19(3)13(2)9-16(12)20-17(21)10-15(18-20)14-7-5-4-6-8-14/h4-8,12-13,16H,9-11H2,1-3H3. The van der Waals surface area contributed by atoms with Crippen LogP contribution in [0.2, 0.25) is 0 Å². The average Bonchev–Trinajstić information content (AvgIpc) is 2.86. The first-order valence-electron chi connectivity index (χ1n) is 7.71. The van der Waals surface area contributed by atoms with Crippen molar-refractivity contribution in [2.75, 3.05) is 13.6 Å². The van der Waals surface area contributed by atoms with Crippen molar-refractivity contribution < 1.29 is 4.79 Å². The smallest absolute Gasteiger partial charge is 0.249 e. The molecular weight excluding hydrogens is 262 g/mol. The van der Waals surface area contributed by atoms with Gasteiger partial charge in [-0.15, -0.1) is 0 Å². The summed E-state index contributed by atoms with van der Waals surface area (Å²) in [7, 11) is 2.15. The van der Waals surface area contributed by atoms with Crippen LogP contribution in [0.4, 0.5) is 0 Å². The Hall–Kier alpha value is -1.68. The van der Waals surface area contributed by atoms with Gasteiger partial charge in [-0.25, -0.2) is 5.01 Å². The zero-order valence-corrected chi connectivity index (χ0v) is 13.0. The first kappa shape index (κ1) is 14.3. The molecule has 3 unspecified atom stereocenters. The Balaban J connectivity index is 1.82. The molecule has 0 saturated carbocycles. The summed E-state index contributed by atoms with van der Waals surface area (Å²) in [4.78, 5) is 14.8. The maximum Gasteiger partial charge on any atom is 0.249 e. The number of carbonyl (C=O) groups excluding carboxylic acids is 1. The van der Waals surface area contributed by atoms with E-state index in [0.717, 1.165) is 24.2 Å². The molecule has 1 aromatic rings. The molecule has 0 bridgehead atoms. The van der Waals surface area contributed by atoms with E-state index in [4.69, 9.17) is 0 Å². The number of carbonyl (C=O) groups is 1. The van der Waals surface area contributed by atoms with E-state index in [1.54, 1.807) is 5.01 Å². The molecule has 0 aromatic heterocycles. The fraction of sp³-hybridized carbons (Fsp3) is 0.529. The Morgan fingerprint density at radius 3 is 2.62 bits per heavy atom. The number of benzene rings is 1. The van der Waals surface area contributed by atoms with Crippen molar-refractivity contribution in [1.29, 1.82) is 0 Å². The second-order valence-electron chi connectivity index (χ2n) is 6.40. The van der Waals surface area contributed by atoms with Crippen LogP contribution in [0.1, 0.15) is 32.3 Å². The number of hydrazone groups is 1. The van der Waals surface area contributed by atoms with Gasteiger partial charge in [-0.1, -0.05) is 37.3 Å². The molecule has 0 N–H and O–H groups in total. The molecule has 1 saturated heterocycles. The molecule has 112 valence electrons. The molecule has 4 nitrogen and oxygen atoms in total. The van der Waals surface area contributed by atoms with Crippen LogP contribution < -0.4 is 0 Å². The molecular formula is C17H23N3O. The van der Waals surface area contributed by atoms with Gasteiger partial charge >= 0.3 is 0 Å². The number of likely N-dealkylation sites (tertiary alicyclic amines) is 1. The number of hydrogen-bond donors (Lipinski definition) is 0. The second kappa shape index (κ2) is 5.60. The van der Waals surface area contributed by atoms with Crippen LogP contribution in [0, 0.1) is 5.92 Å². The molecule has 3 rings (SSSR count). The summed E-state index contributed by atoms with van der Waals surface area (Å²) in [5.74, 6) is 0.594. The van der Waals surface area contributed by atoms with Crippen molar-refractivity contribution in [3.8, 4) is 0 Å². The quantitative estimate of drug-likeness (QED) is 0.836. The van der Waals surface area contributed by atoms with Crippen LogP contribution in [0.25, 0.3) is 0 Å². The lowest BCUT2D eigenvalue weighted by Crippen LogP contribution is -2.51. The van der Waals surface area contributed by atoms with Crippen LogP contribution in [0.15, 0.2) is 35.4 Å². The molecule has 2 aliphatic rings. The highest BCUT2D eigenvalue weighted by Gasteiger charge is 2.38. The molecule has 1 amide bonds. The van der Waals surface area contributed by atoms with Gasteiger partial charge in [0.2, 0.25) is 5.91 Å².